The Labute approximate surface area is 122 Å². The number of rotatable bonds is 4. The van der Waals surface area contributed by atoms with E-state index < -0.39 is 0 Å². The molecule has 2 aliphatic rings. The van der Waals surface area contributed by atoms with Crippen molar-refractivity contribution < 1.29 is 4.74 Å². The highest BCUT2D eigenvalue weighted by Gasteiger charge is 2.56. The van der Waals surface area contributed by atoms with Crippen molar-refractivity contribution in [2.75, 3.05) is 11.9 Å². The Morgan fingerprint density at radius 3 is 2.70 bits per heavy atom. The zero-order chi connectivity index (χ0) is 14.2. The number of benzene rings is 1. The van der Waals surface area contributed by atoms with E-state index in [0.717, 1.165) is 6.61 Å². The van der Waals surface area contributed by atoms with Gasteiger partial charge in [-0.2, -0.15) is 0 Å². The van der Waals surface area contributed by atoms with E-state index in [1.807, 2.05) is 0 Å². The fourth-order valence-electron chi connectivity index (χ4n) is 4.17. The molecule has 0 heterocycles. The summed E-state index contributed by atoms with van der Waals surface area (Å²) >= 11 is 0. The molecule has 1 spiro atoms. The van der Waals surface area contributed by atoms with Gasteiger partial charge in [-0.25, -0.2) is 0 Å². The summed E-state index contributed by atoms with van der Waals surface area (Å²) in [6.07, 6.45) is 7.06. The van der Waals surface area contributed by atoms with Crippen molar-refractivity contribution >= 4 is 5.69 Å². The van der Waals surface area contributed by atoms with E-state index in [0.29, 0.717) is 17.6 Å². The van der Waals surface area contributed by atoms with E-state index in [2.05, 4.69) is 44.3 Å². The number of hydrogen-bond donors (Lipinski definition) is 1. The summed E-state index contributed by atoms with van der Waals surface area (Å²) in [5.41, 5.74) is 4.41. The predicted octanol–water partition coefficient (Wildman–Crippen LogP) is 4.45. The molecule has 2 nitrogen and oxygen atoms in total. The van der Waals surface area contributed by atoms with Crippen LogP contribution in [0.1, 0.15) is 50.2 Å². The SMILES string of the molecule is CCOC1CC(Nc2cc(C)ccc2C)C12CCCC2. The maximum Gasteiger partial charge on any atom is 0.0670 e. The van der Waals surface area contributed by atoms with Crippen LogP contribution in [-0.2, 0) is 4.74 Å². The van der Waals surface area contributed by atoms with Crippen molar-refractivity contribution in [3.8, 4) is 0 Å². The van der Waals surface area contributed by atoms with Crippen LogP contribution < -0.4 is 5.32 Å². The van der Waals surface area contributed by atoms with E-state index >= 15 is 0 Å². The Bertz CT molecular complexity index is 476. The third kappa shape index (κ3) is 2.24. The van der Waals surface area contributed by atoms with Crippen LogP contribution >= 0.6 is 0 Å². The van der Waals surface area contributed by atoms with E-state index in [4.69, 9.17) is 4.74 Å². The molecule has 0 radical (unpaired) electrons. The summed E-state index contributed by atoms with van der Waals surface area (Å²) in [6, 6.07) is 7.29. The van der Waals surface area contributed by atoms with E-state index in [9.17, 15) is 0 Å². The highest BCUT2D eigenvalue weighted by atomic mass is 16.5. The van der Waals surface area contributed by atoms with E-state index in [1.165, 1.54) is 48.9 Å². The molecule has 2 saturated carbocycles. The predicted molar refractivity (Wildman–Crippen MR) is 84.3 cm³/mol. The molecule has 2 heteroatoms. The Hall–Kier alpha value is -1.02. The molecule has 110 valence electrons. The van der Waals surface area contributed by atoms with Crippen LogP contribution in [0.2, 0.25) is 0 Å². The average molecular weight is 273 g/mol. The molecule has 2 aliphatic carbocycles. The smallest absolute Gasteiger partial charge is 0.0670 e. The summed E-state index contributed by atoms with van der Waals surface area (Å²) in [5.74, 6) is 0. The Morgan fingerprint density at radius 1 is 1.25 bits per heavy atom. The van der Waals surface area contributed by atoms with Crippen molar-refractivity contribution in [1.29, 1.82) is 0 Å². The van der Waals surface area contributed by atoms with Gasteiger partial charge < -0.3 is 10.1 Å². The van der Waals surface area contributed by atoms with Crippen LogP contribution in [0, 0.1) is 19.3 Å². The third-order valence-corrected chi connectivity index (χ3v) is 5.41. The Morgan fingerprint density at radius 2 is 2.00 bits per heavy atom. The molecule has 0 aromatic heterocycles. The van der Waals surface area contributed by atoms with Crippen LogP contribution in [0.3, 0.4) is 0 Å². The molecule has 1 aromatic rings. The number of aryl methyl sites for hydroxylation is 2. The number of anilines is 1. The molecule has 0 bridgehead atoms. The first-order valence-electron chi connectivity index (χ1n) is 8.11. The molecule has 20 heavy (non-hydrogen) atoms. The average Bonchev–Trinajstić information content (AvgIpc) is 2.94. The molecule has 1 aromatic carbocycles. The summed E-state index contributed by atoms with van der Waals surface area (Å²) in [4.78, 5) is 0. The van der Waals surface area contributed by atoms with Gasteiger partial charge in [-0.15, -0.1) is 0 Å². The van der Waals surface area contributed by atoms with Gasteiger partial charge in [-0.05, 0) is 57.2 Å². The van der Waals surface area contributed by atoms with Crippen molar-refractivity contribution in [3.63, 3.8) is 0 Å². The molecule has 0 aliphatic heterocycles. The molecule has 2 atom stereocenters. The van der Waals surface area contributed by atoms with E-state index in [-0.39, 0.29) is 0 Å². The van der Waals surface area contributed by atoms with Crippen LogP contribution in [0.5, 0.6) is 0 Å². The minimum absolute atomic E-state index is 0.409. The number of ether oxygens (including phenoxy) is 1. The molecule has 0 amide bonds. The van der Waals surface area contributed by atoms with E-state index in [1.54, 1.807) is 0 Å². The lowest BCUT2D eigenvalue weighted by molar-refractivity contribution is -0.114. The monoisotopic (exact) mass is 273 g/mol. The zero-order valence-corrected chi connectivity index (χ0v) is 13.0. The van der Waals surface area contributed by atoms with Crippen LogP contribution in [0.25, 0.3) is 0 Å². The van der Waals surface area contributed by atoms with Gasteiger partial charge in [-0.1, -0.05) is 25.0 Å². The maximum atomic E-state index is 6.00. The van der Waals surface area contributed by atoms with Crippen molar-refractivity contribution in [2.24, 2.45) is 5.41 Å². The fourth-order valence-corrected chi connectivity index (χ4v) is 4.17. The second-order valence-corrected chi connectivity index (χ2v) is 6.64. The minimum Gasteiger partial charge on any atom is -0.381 e. The van der Waals surface area contributed by atoms with Gasteiger partial charge in [0.15, 0.2) is 0 Å². The number of nitrogens with one attached hydrogen (secondary N) is 1. The molecular formula is C18H27NO. The first-order chi connectivity index (χ1) is 9.65. The summed E-state index contributed by atoms with van der Waals surface area (Å²) in [7, 11) is 0. The lowest BCUT2D eigenvalue weighted by Gasteiger charge is -2.54. The molecule has 1 N–H and O–H groups in total. The quantitative estimate of drug-likeness (QED) is 0.875. The number of hydrogen-bond acceptors (Lipinski definition) is 2. The summed E-state index contributed by atoms with van der Waals surface area (Å²) in [6.45, 7) is 7.33. The summed E-state index contributed by atoms with van der Waals surface area (Å²) < 4.78 is 6.00. The molecule has 0 saturated heterocycles. The van der Waals surface area contributed by atoms with Gasteiger partial charge in [0.2, 0.25) is 0 Å². The van der Waals surface area contributed by atoms with Gasteiger partial charge in [0.05, 0.1) is 6.10 Å². The normalized spacial score (nSPS) is 27.6. The largest absolute Gasteiger partial charge is 0.381 e. The van der Waals surface area contributed by atoms with Gasteiger partial charge in [0.25, 0.3) is 0 Å². The van der Waals surface area contributed by atoms with Crippen molar-refractivity contribution in [3.05, 3.63) is 29.3 Å². The Balaban J connectivity index is 1.76. The minimum atomic E-state index is 0.409. The lowest BCUT2D eigenvalue weighted by atomic mass is 9.60. The molecule has 2 fully saturated rings. The highest BCUT2D eigenvalue weighted by molar-refractivity contribution is 5.54. The zero-order valence-electron chi connectivity index (χ0n) is 13.0. The highest BCUT2D eigenvalue weighted by Crippen LogP contribution is 2.55. The van der Waals surface area contributed by atoms with Gasteiger partial charge in [0.1, 0.15) is 0 Å². The second kappa shape index (κ2) is 5.40. The standard InChI is InChI=1S/C18H27NO/c1-4-20-17-12-16(18(17)9-5-6-10-18)19-15-11-13(2)7-8-14(15)3/h7-8,11,16-17,19H,4-6,9-10,12H2,1-3H3. The Kier molecular flexibility index (Phi) is 3.76. The maximum absolute atomic E-state index is 6.00. The third-order valence-electron chi connectivity index (χ3n) is 5.41. The fraction of sp³-hybridized carbons (Fsp3) is 0.667. The first-order valence-corrected chi connectivity index (χ1v) is 8.11. The van der Waals surface area contributed by atoms with Crippen molar-refractivity contribution in [2.45, 2.75) is 65.0 Å². The van der Waals surface area contributed by atoms with Gasteiger partial charge in [0, 0.05) is 23.8 Å². The molecular weight excluding hydrogens is 246 g/mol. The van der Waals surface area contributed by atoms with Gasteiger partial charge >= 0.3 is 0 Å². The van der Waals surface area contributed by atoms with Crippen LogP contribution in [0.4, 0.5) is 5.69 Å². The second-order valence-electron chi connectivity index (χ2n) is 6.64. The van der Waals surface area contributed by atoms with Crippen LogP contribution in [0.15, 0.2) is 18.2 Å². The van der Waals surface area contributed by atoms with Crippen molar-refractivity contribution in [1.82, 2.24) is 0 Å². The molecule has 3 rings (SSSR count). The molecule has 2 unspecified atom stereocenters. The topological polar surface area (TPSA) is 21.3 Å². The van der Waals surface area contributed by atoms with Crippen LogP contribution in [-0.4, -0.2) is 18.8 Å². The van der Waals surface area contributed by atoms with Gasteiger partial charge in [-0.3, -0.25) is 0 Å². The summed E-state index contributed by atoms with van der Waals surface area (Å²) in [5, 5.41) is 3.83. The lowest BCUT2D eigenvalue weighted by Crippen LogP contribution is -2.60. The first kappa shape index (κ1) is 13.9.